The lowest BCUT2D eigenvalue weighted by Gasteiger charge is -2.11. The van der Waals surface area contributed by atoms with E-state index in [9.17, 15) is 19.8 Å². The summed E-state index contributed by atoms with van der Waals surface area (Å²) in [6.45, 7) is 4.28. The first kappa shape index (κ1) is 26.8. The largest absolute Gasteiger partial charge is 0.507 e. The Labute approximate surface area is 213 Å². The SMILES string of the molecule is CCCCCc1ccc(C(=O)Nc2cccc(NC(=O)c3ccc(CCCCC)cc3O)c2)c(O)c1. The molecular weight excluding hydrogens is 452 g/mol. The minimum absolute atomic E-state index is 0.0560. The molecule has 0 unspecified atom stereocenters. The fraction of sp³-hybridized carbons (Fsp3) is 0.333. The summed E-state index contributed by atoms with van der Waals surface area (Å²) < 4.78 is 0. The predicted octanol–water partition coefficient (Wildman–Crippen LogP) is 7.07. The summed E-state index contributed by atoms with van der Waals surface area (Å²) in [6.07, 6.45) is 8.31. The van der Waals surface area contributed by atoms with Crippen molar-refractivity contribution in [2.24, 2.45) is 0 Å². The Bertz CT molecular complexity index is 1100. The summed E-state index contributed by atoms with van der Waals surface area (Å²) in [5.41, 5.74) is 3.32. The molecule has 0 heterocycles. The van der Waals surface area contributed by atoms with E-state index in [0.717, 1.165) is 62.5 Å². The quantitative estimate of drug-likeness (QED) is 0.205. The molecule has 0 spiro atoms. The van der Waals surface area contributed by atoms with Gasteiger partial charge in [-0.05, 0) is 79.3 Å². The number of rotatable bonds is 12. The molecule has 0 radical (unpaired) electrons. The second kappa shape index (κ2) is 13.3. The van der Waals surface area contributed by atoms with E-state index in [4.69, 9.17) is 0 Å². The zero-order valence-electron chi connectivity index (χ0n) is 21.1. The highest BCUT2D eigenvalue weighted by Gasteiger charge is 2.14. The van der Waals surface area contributed by atoms with Crippen LogP contribution in [0.1, 0.15) is 84.2 Å². The molecule has 2 amide bonds. The van der Waals surface area contributed by atoms with Crippen LogP contribution in [0.25, 0.3) is 0 Å². The number of anilines is 2. The van der Waals surface area contributed by atoms with Gasteiger partial charge in [-0.2, -0.15) is 0 Å². The Morgan fingerprint density at radius 1 is 0.639 bits per heavy atom. The summed E-state index contributed by atoms with van der Waals surface area (Å²) in [5.74, 6) is -0.987. The van der Waals surface area contributed by atoms with E-state index < -0.39 is 11.8 Å². The fourth-order valence-corrected chi connectivity index (χ4v) is 4.08. The van der Waals surface area contributed by atoms with Gasteiger partial charge in [0.25, 0.3) is 11.8 Å². The summed E-state index contributed by atoms with van der Waals surface area (Å²) in [7, 11) is 0. The van der Waals surface area contributed by atoms with Crippen molar-refractivity contribution < 1.29 is 19.8 Å². The molecule has 0 aliphatic heterocycles. The Kier molecular flexibility index (Phi) is 9.92. The molecule has 6 nitrogen and oxygen atoms in total. The van der Waals surface area contributed by atoms with Crippen molar-refractivity contribution in [3.63, 3.8) is 0 Å². The Hall–Kier alpha value is -3.80. The van der Waals surface area contributed by atoms with Crippen molar-refractivity contribution in [3.8, 4) is 11.5 Å². The molecule has 3 aromatic rings. The molecule has 0 bridgehead atoms. The number of hydrogen-bond acceptors (Lipinski definition) is 4. The number of phenolic OH excluding ortho intramolecular Hbond substituents is 2. The van der Waals surface area contributed by atoms with Crippen LogP contribution < -0.4 is 10.6 Å². The maximum atomic E-state index is 12.7. The highest BCUT2D eigenvalue weighted by atomic mass is 16.3. The highest BCUT2D eigenvalue weighted by Crippen LogP contribution is 2.25. The molecule has 0 fully saturated rings. The maximum Gasteiger partial charge on any atom is 0.259 e. The monoisotopic (exact) mass is 488 g/mol. The van der Waals surface area contributed by atoms with Gasteiger partial charge in [0.1, 0.15) is 11.5 Å². The molecule has 0 atom stereocenters. The number of carbonyl (C=O) groups excluding carboxylic acids is 2. The zero-order chi connectivity index (χ0) is 25.9. The lowest BCUT2D eigenvalue weighted by Crippen LogP contribution is -2.14. The number of unbranched alkanes of at least 4 members (excludes halogenated alkanes) is 4. The molecule has 0 aromatic heterocycles. The van der Waals surface area contributed by atoms with Gasteiger partial charge in [0.15, 0.2) is 0 Å². The van der Waals surface area contributed by atoms with Crippen LogP contribution in [-0.2, 0) is 12.8 Å². The summed E-state index contributed by atoms with van der Waals surface area (Å²) in [6, 6.07) is 17.0. The van der Waals surface area contributed by atoms with E-state index in [0.29, 0.717) is 11.4 Å². The minimum atomic E-state index is -0.438. The molecule has 0 saturated heterocycles. The molecule has 36 heavy (non-hydrogen) atoms. The molecule has 0 aliphatic rings. The van der Waals surface area contributed by atoms with Gasteiger partial charge < -0.3 is 20.8 Å². The van der Waals surface area contributed by atoms with Gasteiger partial charge >= 0.3 is 0 Å². The van der Waals surface area contributed by atoms with Gasteiger partial charge in [0.05, 0.1) is 11.1 Å². The third-order valence-corrected chi connectivity index (χ3v) is 6.13. The second-order valence-corrected chi connectivity index (χ2v) is 9.11. The molecule has 3 rings (SSSR count). The molecular formula is C30H36N2O4. The van der Waals surface area contributed by atoms with E-state index in [-0.39, 0.29) is 22.6 Å². The van der Waals surface area contributed by atoms with Crippen LogP contribution in [0.3, 0.4) is 0 Å². The number of aromatic hydroxyl groups is 2. The van der Waals surface area contributed by atoms with E-state index in [1.54, 1.807) is 48.5 Å². The number of nitrogens with one attached hydrogen (secondary N) is 2. The van der Waals surface area contributed by atoms with Crippen LogP contribution in [0, 0.1) is 0 Å². The van der Waals surface area contributed by atoms with Crippen LogP contribution in [0.15, 0.2) is 60.7 Å². The van der Waals surface area contributed by atoms with Gasteiger partial charge in [0, 0.05) is 11.4 Å². The van der Waals surface area contributed by atoms with E-state index in [2.05, 4.69) is 24.5 Å². The van der Waals surface area contributed by atoms with Gasteiger partial charge in [-0.15, -0.1) is 0 Å². The number of benzene rings is 3. The smallest absolute Gasteiger partial charge is 0.259 e. The first-order chi connectivity index (χ1) is 17.4. The van der Waals surface area contributed by atoms with Crippen LogP contribution in [0.5, 0.6) is 11.5 Å². The third-order valence-electron chi connectivity index (χ3n) is 6.13. The molecule has 190 valence electrons. The van der Waals surface area contributed by atoms with Crippen molar-refractivity contribution >= 4 is 23.2 Å². The van der Waals surface area contributed by atoms with Crippen molar-refractivity contribution in [1.29, 1.82) is 0 Å². The molecule has 6 heteroatoms. The fourth-order valence-electron chi connectivity index (χ4n) is 4.08. The number of hydrogen-bond donors (Lipinski definition) is 4. The first-order valence-corrected chi connectivity index (χ1v) is 12.8. The van der Waals surface area contributed by atoms with Gasteiger partial charge in [-0.25, -0.2) is 0 Å². The number of amides is 2. The standard InChI is InChI=1S/C30H36N2O4/c1-3-5-7-10-21-14-16-25(27(33)18-21)29(35)31-23-12-9-13-24(20-23)32-30(36)26-17-15-22(19-28(26)34)11-8-6-4-2/h9,12-20,33-34H,3-8,10-11H2,1-2H3,(H,31,35)(H,32,36). The number of aryl methyl sites for hydroxylation is 2. The lowest BCUT2D eigenvalue weighted by molar-refractivity contribution is 0.101. The lowest BCUT2D eigenvalue weighted by atomic mass is 10.0. The zero-order valence-corrected chi connectivity index (χ0v) is 21.1. The molecule has 3 aromatic carbocycles. The van der Waals surface area contributed by atoms with E-state index in [1.807, 2.05) is 12.1 Å². The predicted molar refractivity (Wildman–Crippen MR) is 145 cm³/mol. The van der Waals surface area contributed by atoms with Gasteiger partial charge in [-0.3, -0.25) is 9.59 Å². The molecule has 0 aliphatic carbocycles. The van der Waals surface area contributed by atoms with E-state index >= 15 is 0 Å². The first-order valence-electron chi connectivity index (χ1n) is 12.8. The second-order valence-electron chi connectivity index (χ2n) is 9.11. The van der Waals surface area contributed by atoms with Crippen LogP contribution >= 0.6 is 0 Å². The van der Waals surface area contributed by atoms with E-state index in [1.165, 1.54) is 0 Å². The Morgan fingerprint density at radius 2 is 1.08 bits per heavy atom. The Balaban J connectivity index is 1.63. The Morgan fingerprint density at radius 3 is 1.47 bits per heavy atom. The maximum absolute atomic E-state index is 12.7. The highest BCUT2D eigenvalue weighted by molar-refractivity contribution is 6.08. The van der Waals surface area contributed by atoms with Crippen LogP contribution in [0.2, 0.25) is 0 Å². The normalized spacial score (nSPS) is 10.7. The third kappa shape index (κ3) is 7.60. The van der Waals surface area contributed by atoms with Crippen LogP contribution in [-0.4, -0.2) is 22.0 Å². The van der Waals surface area contributed by atoms with Crippen molar-refractivity contribution in [3.05, 3.63) is 82.9 Å². The molecule has 0 saturated carbocycles. The van der Waals surface area contributed by atoms with Gasteiger partial charge in [0.2, 0.25) is 0 Å². The summed E-state index contributed by atoms with van der Waals surface area (Å²) in [4.78, 5) is 25.5. The minimum Gasteiger partial charge on any atom is -0.507 e. The summed E-state index contributed by atoms with van der Waals surface area (Å²) >= 11 is 0. The average Bonchev–Trinajstić information content (AvgIpc) is 2.84. The molecule has 4 N–H and O–H groups in total. The van der Waals surface area contributed by atoms with Crippen LogP contribution in [0.4, 0.5) is 11.4 Å². The summed E-state index contributed by atoms with van der Waals surface area (Å²) in [5, 5.41) is 26.3. The topological polar surface area (TPSA) is 98.7 Å². The van der Waals surface area contributed by atoms with Crippen molar-refractivity contribution in [2.75, 3.05) is 10.6 Å². The van der Waals surface area contributed by atoms with Gasteiger partial charge in [-0.1, -0.05) is 57.7 Å². The van der Waals surface area contributed by atoms with Crippen molar-refractivity contribution in [2.45, 2.75) is 65.2 Å². The van der Waals surface area contributed by atoms with Crippen molar-refractivity contribution in [1.82, 2.24) is 0 Å². The number of phenols is 2. The average molecular weight is 489 g/mol. The number of carbonyl (C=O) groups is 2.